The first-order valence-electron chi connectivity index (χ1n) is 22.1. The number of hydrogen-bond donors (Lipinski definition) is 4. The highest BCUT2D eigenvalue weighted by molar-refractivity contribution is 5.96. The second-order valence-electron chi connectivity index (χ2n) is 15.9. The molecule has 2 saturated carbocycles. The van der Waals surface area contributed by atoms with Crippen molar-refractivity contribution in [2.45, 2.75) is 132 Å². The quantitative estimate of drug-likeness (QED) is 0.115. The van der Waals surface area contributed by atoms with Gasteiger partial charge in [-0.1, -0.05) is 27.7 Å². The van der Waals surface area contributed by atoms with Crippen LogP contribution in [0.5, 0.6) is 0 Å². The molecule has 2 aliphatic carbocycles. The molecule has 332 valence electrons. The van der Waals surface area contributed by atoms with E-state index in [4.69, 9.17) is 0 Å². The lowest BCUT2D eigenvalue weighted by Crippen LogP contribution is -2.50. The minimum atomic E-state index is -0.324. The predicted octanol–water partition coefficient (Wildman–Crippen LogP) is 5.16. The van der Waals surface area contributed by atoms with Crippen molar-refractivity contribution in [2.75, 3.05) is 87.1 Å². The fourth-order valence-electron chi connectivity index (χ4n) is 7.64. The fraction of sp³-hybridized carbons (Fsp3) is 0.860. The van der Waals surface area contributed by atoms with Gasteiger partial charge in [-0.2, -0.15) is 0 Å². The van der Waals surface area contributed by atoms with Crippen molar-refractivity contribution >= 4 is 35.4 Å². The van der Waals surface area contributed by atoms with Crippen LogP contribution in [0.3, 0.4) is 0 Å². The SMILES string of the molecule is CC.CCNC(=O)N(CCCN(CC)CC)C(=O)C(CNC)CC1CCCC(=O)C1.CNCC(CC1CCCC(=O)C1)C(=O)N(CCCN(C)C)C(=O)NC(C)C. The van der Waals surface area contributed by atoms with E-state index >= 15 is 0 Å². The Labute approximate surface area is 346 Å². The number of carbonyl (C=O) groups is 6. The first-order chi connectivity index (χ1) is 27.2. The number of urea groups is 2. The maximum atomic E-state index is 13.2. The maximum Gasteiger partial charge on any atom is 0.324 e. The van der Waals surface area contributed by atoms with E-state index in [1.165, 1.54) is 9.80 Å². The van der Waals surface area contributed by atoms with E-state index in [2.05, 4.69) is 40.0 Å². The van der Waals surface area contributed by atoms with Crippen molar-refractivity contribution in [3.8, 4) is 0 Å². The van der Waals surface area contributed by atoms with Gasteiger partial charge in [-0.25, -0.2) is 9.59 Å². The molecule has 57 heavy (non-hydrogen) atoms. The molecule has 2 rings (SSSR count). The van der Waals surface area contributed by atoms with Crippen LogP contribution in [0, 0.1) is 23.7 Å². The number of nitrogens with one attached hydrogen (secondary N) is 4. The Balaban J connectivity index is 0.00000105. The monoisotopic (exact) mass is 809 g/mol. The summed E-state index contributed by atoms with van der Waals surface area (Å²) in [6.07, 6.45) is 9.06. The molecule has 4 unspecified atom stereocenters. The van der Waals surface area contributed by atoms with E-state index in [0.29, 0.717) is 82.8 Å². The van der Waals surface area contributed by atoms with E-state index in [9.17, 15) is 28.8 Å². The van der Waals surface area contributed by atoms with E-state index in [1.807, 2.05) is 67.7 Å². The summed E-state index contributed by atoms with van der Waals surface area (Å²) in [5.74, 6) is 0.243. The Kier molecular flexibility index (Phi) is 30.3. The van der Waals surface area contributed by atoms with Gasteiger partial charge in [0.05, 0.1) is 11.8 Å². The fourth-order valence-corrected chi connectivity index (χ4v) is 7.64. The molecule has 4 atom stereocenters. The standard InChI is InChI=1S/C21H40N4O3.C20H38N4O3.C2H6/c1-5-23-21(28)25(13-9-12-24(6-2)7-3)20(27)18(16-22-4)14-17-10-8-11-19(26)15-17;1-15(2)22-20(27)24(11-7-10-23(4)5)19(26)17(14-21-3)12-16-8-6-9-18(25)13-16;1-2/h17-18,22H,5-16H2,1-4H3,(H,23,28);15-17,21H,6-14H2,1-5H3,(H,22,27);1-2H3. The van der Waals surface area contributed by atoms with E-state index in [-0.39, 0.29) is 53.6 Å². The van der Waals surface area contributed by atoms with Crippen molar-refractivity contribution in [3.63, 3.8) is 0 Å². The molecule has 14 nitrogen and oxygen atoms in total. The number of amides is 6. The summed E-state index contributed by atoms with van der Waals surface area (Å²) in [6.45, 7) is 19.8. The molecule has 0 radical (unpaired) electrons. The molecule has 0 aromatic rings. The molecule has 0 aliphatic heterocycles. The molecule has 0 saturated heterocycles. The molecule has 14 heteroatoms. The average molecular weight is 809 g/mol. The van der Waals surface area contributed by atoms with Gasteiger partial charge in [0.25, 0.3) is 0 Å². The van der Waals surface area contributed by atoms with Gasteiger partial charge in [0, 0.05) is 64.4 Å². The van der Waals surface area contributed by atoms with Crippen LogP contribution < -0.4 is 21.3 Å². The molecule has 0 aromatic carbocycles. The third-order valence-electron chi connectivity index (χ3n) is 10.5. The van der Waals surface area contributed by atoms with Gasteiger partial charge in [-0.3, -0.25) is 29.0 Å². The summed E-state index contributed by atoms with van der Waals surface area (Å²) >= 11 is 0. The Morgan fingerprint density at radius 3 is 1.49 bits per heavy atom. The lowest BCUT2D eigenvalue weighted by Gasteiger charge is -2.30. The van der Waals surface area contributed by atoms with Crippen molar-refractivity contribution in [1.82, 2.24) is 40.9 Å². The molecule has 2 aliphatic rings. The van der Waals surface area contributed by atoms with Crippen molar-refractivity contribution in [3.05, 3.63) is 0 Å². The smallest absolute Gasteiger partial charge is 0.324 e. The van der Waals surface area contributed by atoms with Crippen molar-refractivity contribution < 1.29 is 28.8 Å². The summed E-state index contributed by atoms with van der Waals surface area (Å²) in [4.78, 5) is 82.3. The number of ketones is 2. The van der Waals surface area contributed by atoms with Gasteiger partial charge < -0.3 is 31.1 Å². The predicted molar refractivity (Wildman–Crippen MR) is 231 cm³/mol. The summed E-state index contributed by atoms with van der Waals surface area (Å²) in [5, 5.41) is 11.8. The first-order valence-corrected chi connectivity index (χ1v) is 22.1. The van der Waals surface area contributed by atoms with Gasteiger partial charge in [0.15, 0.2) is 0 Å². The maximum absolute atomic E-state index is 13.2. The van der Waals surface area contributed by atoms with Gasteiger partial charge in [0.2, 0.25) is 11.8 Å². The lowest BCUT2D eigenvalue weighted by atomic mass is 9.81. The minimum absolute atomic E-state index is 0.0274. The summed E-state index contributed by atoms with van der Waals surface area (Å²) < 4.78 is 0. The summed E-state index contributed by atoms with van der Waals surface area (Å²) in [5.41, 5.74) is 0. The van der Waals surface area contributed by atoms with Crippen LogP contribution in [0.1, 0.15) is 126 Å². The van der Waals surface area contributed by atoms with Crippen LogP contribution in [0.2, 0.25) is 0 Å². The second-order valence-corrected chi connectivity index (χ2v) is 15.9. The topological polar surface area (TPSA) is 164 Å². The van der Waals surface area contributed by atoms with Crippen LogP contribution >= 0.6 is 0 Å². The number of carbonyl (C=O) groups excluding carboxylic acids is 6. The first kappa shape index (κ1) is 54.1. The minimum Gasteiger partial charge on any atom is -0.338 e. The Morgan fingerprint density at radius 1 is 0.684 bits per heavy atom. The molecular weight excluding hydrogens is 725 g/mol. The van der Waals surface area contributed by atoms with Crippen molar-refractivity contribution in [1.29, 1.82) is 0 Å². The van der Waals surface area contributed by atoms with E-state index in [0.717, 1.165) is 64.7 Å². The Hall–Kier alpha value is -2.94. The van der Waals surface area contributed by atoms with Gasteiger partial charge in [-0.15, -0.1) is 0 Å². The molecule has 0 heterocycles. The zero-order valence-corrected chi connectivity index (χ0v) is 38.0. The number of imide groups is 2. The molecule has 6 amide bonds. The van der Waals surface area contributed by atoms with Crippen LogP contribution in [0.25, 0.3) is 0 Å². The number of Topliss-reactive ketones (excluding diaryl/α,β-unsaturated/α-hetero) is 2. The Bertz CT molecular complexity index is 1160. The highest BCUT2D eigenvalue weighted by Gasteiger charge is 2.33. The largest absolute Gasteiger partial charge is 0.338 e. The van der Waals surface area contributed by atoms with Crippen LogP contribution in [0.4, 0.5) is 9.59 Å². The normalized spacial score (nSPS) is 17.9. The summed E-state index contributed by atoms with van der Waals surface area (Å²) in [6, 6.07) is -0.664. The third kappa shape index (κ3) is 22.7. The number of rotatable bonds is 22. The van der Waals surface area contributed by atoms with E-state index in [1.54, 1.807) is 0 Å². The lowest BCUT2D eigenvalue weighted by molar-refractivity contribution is -0.134. The molecule has 4 N–H and O–H groups in total. The van der Waals surface area contributed by atoms with Crippen LogP contribution in [0.15, 0.2) is 0 Å². The van der Waals surface area contributed by atoms with Crippen LogP contribution in [-0.2, 0) is 19.2 Å². The molecule has 0 aromatic heterocycles. The Morgan fingerprint density at radius 2 is 1.12 bits per heavy atom. The van der Waals surface area contributed by atoms with Gasteiger partial charge >= 0.3 is 12.1 Å². The molecule has 0 bridgehead atoms. The highest BCUT2D eigenvalue weighted by atomic mass is 16.2. The average Bonchev–Trinajstić information content (AvgIpc) is 3.16. The van der Waals surface area contributed by atoms with Gasteiger partial charge in [0.1, 0.15) is 11.6 Å². The van der Waals surface area contributed by atoms with E-state index < -0.39 is 0 Å². The summed E-state index contributed by atoms with van der Waals surface area (Å²) in [7, 11) is 7.59. The zero-order chi connectivity index (χ0) is 43.3. The molecule has 2 fully saturated rings. The number of nitrogens with zero attached hydrogens (tertiary/aromatic N) is 4. The highest BCUT2D eigenvalue weighted by Crippen LogP contribution is 2.29. The molecular formula is C43H84N8O6. The van der Waals surface area contributed by atoms with Crippen molar-refractivity contribution in [2.24, 2.45) is 23.7 Å². The van der Waals surface area contributed by atoms with Crippen LogP contribution in [-0.4, -0.2) is 148 Å². The second kappa shape index (κ2) is 32.0. The molecule has 0 spiro atoms. The van der Waals surface area contributed by atoms with Gasteiger partial charge in [-0.05, 0) is 138 Å². The third-order valence-corrected chi connectivity index (χ3v) is 10.5. The zero-order valence-electron chi connectivity index (χ0n) is 38.0. The number of hydrogen-bond acceptors (Lipinski definition) is 10.